The highest BCUT2D eigenvalue weighted by atomic mass is 14.9. The van der Waals surface area contributed by atoms with Crippen LogP contribution in [-0.2, 0) is 0 Å². The third-order valence-electron chi connectivity index (χ3n) is 8.98. The first-order valence-electron chi connectivity index (χ1n) is 14.8. The van der Waals surface area contributed by atoms with Crippen LogP contribution in [0.2, 0.25) is 0 Å². The molecule has 0 saturated heterocycles. The Morgan fingerprint density at radius 2 is 1.94 bits per heavy atom. The monoisotopic (exact) mass is 479 g/mol. The Kier molecular flexibility index (Phi) is 12.8. The van der Waals surface area contributed by atoms with Gasteiger partial charge < -0.3 is 5.32 Å². The number of unbranched alkanes of at least 4 members (excludes halogenated alkanes) is 3. The van der Waals surface area contributed by atoms with Gasteiger partial charge in [-0.15, -0.1) is 0 Å². The van der Waals surface area contributed by atoms with Gasteiger partial charge >= 0.3 is 0 Å². The van der Waals surface area contributed by atoms with E-state index in [4.69, 9.17) is 6.58 Å². The molecule has 1 heteroatoms. The molecule has 1 N–H and O–H groups in total. The number of nitrogens with one attached hydrogen (secondary N) is 1. The van der Waals surface area contributed by atoms with Gasteiger partial charge in [0.05, 0.1) is 0 Å². The van der Waals surface area contributed by atoms with E-state index in [1.54, 1.807) is 16.7 Å². The Labute approximate surface area is 219 Å². The summed E-state index contributed by atoms with van der Waals surface area (Å²) in [6, 6.07) is 0.342. The summed E-state index contributed by atoms with van der Waals surface area (Å²) in [5.74, 6) is 3.81. The van der Waals surface area contributed by atoms with E-state index in [2.05, 4.69) is 91.2 Å². The zero-order chi connectivity index (χ0) is 26.0. The van der Waals surface area contributed by atoms with Gasteiger partial charge in [0, 0.05) is 6.04 Å². The van der Waals surface area contributed by atoms with Crippen molar-refractivity contribution < 1.29 is 0 Å². The summed E-state index contributed by atoms with van der Waals surface area (Å²) in [7, 11) is 2.10. The largest absolute Gasteiger partial charge is 0.313 e. The van der Waals surface area contributed by atoms with E-state index < -0.39 is 0 Å². The van der Waals surface area contributed by atoms with Crippen LogP contribution < -0.4 is 5.32 Å². The summed E-state index contributed by atoms with van der Waals surface area (Å²) in [5, 5.41) is 3.57. The lowest BCUT2D eigenvalue weighted by atomic mass is 9.61. The summed E-state index contributed by atoms with van der Waals surface area (Å²) in [6.07, 6.45) is 23.4. The van der Waals surface area contributed by atoms with Crippen molar-refractivity contribution in [2.24, 2.45) is 35.5 Å². The maximum Gasteiger partial charge on any atom is 0.0311 e. The highest BCUT2D eigenvalue weighted by Crippen LogP contribution is 2.49. The first-order chi connectivity index (χ1) is 16.7. The molecule has 6 atom stereocenters. The Hall–Kier alpha value is -1.34. The molecule has 0 amide bonds. The Bertz CT molecular complexity index is 776. The topological polar surface area (TPSA) is 12.0 Å². The van der Waals surface area contributed by atoms with Gasteiger partial charge in [-0.2, -0.15) is 0 Å². The van der Waals surface area contributed by atoms with Crippen LogP contribution in [-0.4, -0.2) is 13.1 Å². The molecule has 6 unspecified atom stereocenters. The third-order valence-corrected chi connectivity index (χ3v) is 8.98. The molecule has 0 fully saturated rings. The van der Waals surface area contributed by atoms with Gasteiger partial charge in [0.2, 0.25) is 0 Å². The highest BCUT2D eigenvalue weighted by molar-refractivity contribution is 5.38. The van der Waals surface area contributed by atoms with E-state index in [1.165, 1.54) is 56.9 Å². The minimum atomic E-state index is 0.342. The molecule has 0 aliphatic heterocycles. The van der Waals surface area contributed by atoms with Crippen LogP contribution in [0.1, 0.15) is 106 Å². The van der Waals surface area contributed by atoms with Crippen molar-refractivity contribution in [2.75, 3.05) is 7.05 Å². The number of allylic oxidation sites excluding steroid dienone is 7. The van der Waals surface area contributed by atoms with Crippen molar-refractivity contribution in [3.63, 3.8) is 0 Å². The standard InChI is InChI=1S/C34H57N/c1-10-12-14-15-18-26(6)32-23-30(29-19-16-17-25(5)21-29)22-31(24(3)4)34(32)28(8)27(7)33(35-9)20-13-11-2/h11,13,16-17,23-25,28-29,31,33-35H,7,10,12,14-15,18-22H2,1-6,8-9H3. The predicted molar refractivity (Wildman–Crippen MR) is 158 cm³/mol. The molecule has 0 aromatic carbocycles. The fourth-order valence-electron chi connectivity index (χ4n) is 6.60. The molecule has 0 bridgehead atoms. The molecule has 1 nitrogen and oxygen atoms in total. The van der Waals surface area contributed by atoms with Gasteiger partial charge in [-0.3, -0.25) is 0 Å². The molecule has 2 aliphatic carbocycles. The molecular formula is C34H57N. The normalized spacial score (nSPS) is 28.3. The van der Waals surface area contributed by atoms with Gasteiger partial charge in [-0.25, -0.2) is 0 Å². The quantitative estimate of drug-likeness (QED) is 0.205. The lowest BCUT2D eigenvalue weighted by Crippen LogP contribution is -2.37. The average Bonchev–Trinajstić information content (AvgIpc) is 2.85. The zero-order valence-electron chi connectivity index (χ0n) is 24.5. The van der Waals surface area contributed by atoms with Gasteiger partial charge in [0.15, 0.2) is 0 Å². The van der Waals surface area contributed by atoms with E-state index in [9.17, 15) is 0 Å². The molecular weight excluding hydrogens is 422 g/mol. The lowest BCUT2D eigenvalue weighted by Gasteiger charge is -2.44. The maximum atomic E-state index is 4.70. The maximum absolute atomic E-state index is 4.70. The zero-order valence-corrected chi connectivity index (χ0v) is 24.5. The Morgan fingerprint density at radius 3 is 2.54 bits per heavy atom. The van der Waals surface area contributed by atoms with Crippen LogP contribution in [0.4, 0.5) is 0 Å². The first-order valence-corrected chi connectivity index (χ1v) is 14.8. The van der Waals surface area contributed by atoms with Gasteiger partial charge in [0.25, 0.3) is 0 Å². The van der Waals surface area contributed by atoms with Gasteiger partial charge in [0.1, 0.15) is 0 Å². The van der Waals surface area contributed by atoms with Crippen molar-refractivity contribution >= 4 is 0 Å². The van der Waals surface area contributed by atoms with Crippen LogP contribution in [0, 0.1) is 35.5 Å². The summed E-state index contributed by atoms with van der Waals surface area (Å²) >= 11 is 0. The second-order valence-corrected chi connectivity index (χ2v) is 12.0. The molecule has 0 aromatic heterocycles. The van der Waals surface area contributed by atoms with E-state index in [-0.39, 0.29) is 0 Å². The number of hydrogen-bond acceptors (Lipinski definition) is 1. The number of rotatable bonds is 13. The summed E-state index contributed by atoms with van der Waals surface area (Å²) in [4.78, 5) is 0. The lowest BCUT2D eigenvalue weighted by molar-refractivity contribution is 0.217. The molecule has 0 spiro atoms. The smallest absolute Gasteiger partial charge is 0.0311 e. The van der Waals surface area contributed by atoms with Crippen molar-refractivity contribution in [2.45, 2.75) is 112 Å². The fraction of sp³-hybridized carbons (Fsp3) is 0.706. The van der Waals surface area contributed by atoms with Crippen LogP contribution in [0.3, 0.4) is 0 Å². The predicted octanol–water partition coefficient (Wildman–Crippen LogP) is 9.84. The second-order valence-electron chi connectivity index (χ2n) is 12.0. The molecule has 35 heavy (non-hydrogen) atoms. The third kappa shape index (κ3) is 8.34. The molecule has 0 aromatic rings. The van der Waals surface area contributed by atoms with Crippen LogP contribution in [0.15, 0.2) is 59.3 Å². The Balaban J connectivity index is 2.47. The minimum absolute atomic E-state index is 0.342. The first kappa shape index (κ1) is 29.9. The molecule has 0 saturated carbocycles. The number of likely N-dealkylation sites (N-methyl/N-ethyl adjacent to an activating group) is 1. The molecule has 2 aliphatic rings. The van der Waals surface area contributed by atoms with E-state index >= 15 is 0 Å². The summed E-state index contributed by atoms with van der Waals surface area (Å²) in [5.41, 5.74) is 6.42. The highest BCUT2D eigenvalue weighted by Gasteiger charge is 2.39. The van der Waals surface area contributed by atoms with Crippen molar-refractivity contribution in [1.29, 1.82) is 0 Å². The SMILES string of the molecule is C=C(C(CC=CC)NC)C(C)C1C(=C(C)CCCCCC)C=C(C2CC=CC(C)C2)CC1C(C)C. The molecule has 198 valence electrons. The number of hydrogen-bond donors (Lipinski definition) is 1. The minimum Gasteiger partial charge on any atom is -0.313 e. The summed E-state index contributed by atoms with van der Waals surface area (Å²) < 4.78 is 0. The average molecular weight is 480 g/mol. The fourth-order valence-corrected chi connectivity index (χ4v) is 6.60. The van der Waals surface area contributed by atoms with Crippen molar-refractivity contribution in [3.05, 3.63) is 59.3 Å². The molecule has 2 rings (SSSR count). The van der Waals surface area contributed by atoms with Gasteiger partial charge in [-0.1, -0.05) is 108 Å². The molecule has 0 heterocycles. The van der Waals surface area contributed by atoms with Crippen molar-refractivity contribution in [1.82, 2.24) is 5.32 Å². The van der Waals surface area contributed by atoms with E-state index in [0.29, 0.717) is 35.6 Å². The van der Waals surface area contributed by atoms with Crippen molar-refractivity contribution in [3.8, 4) is 0 Å². The molecule has 0 radical (unpaired) electrons. The summed E-state index contributed by atoms with van der Waals surface area (Å²) in [6.45, 7) is 21.3. The Morgan fingerprint density at radius 1 is 1.20 bits per heavy atom. The van der Waals surface area contributed by atoms with Crippen LogP contribution >= 0.6 is 0 Å². The van der Waals surface area contributed by atoms with Crippen LogP contribution in [0.5, 0.6) is 0 Å². The van der Waals surface area contributed by atoms with E-state index in [1.807, 2.05) is 0 Å². The second kappa shape index (κ2) is 15.0. The van der Waals surface area contributed by atoms with Gasteiger partial charge in [-0.05, 0) is 101 Å². The van der Waals surface area contributed by atoms with Crippen LogP contribution in [0.25, 0.3) is 0 Å². The van der Waals surface area contributed by atoms with E-state index in [0.717, 1.165) is 12.3 Å².